The molecule has 1 N–H and O–H groups in total. The van der Waals surface area contributed by atoms with Gasteiger partial charge in [-0.1, -0.05) is 37.6 Å². The third-order valence-electron chi connectivity index (χ3n) is 3.97. The van der Waals surface area contributed by atoms with Crippen LogP contribution in [0.2, 0.25) is 5.02 Å². The zero-order chi connectivity index (χ0) is 13.1. The topological polar surface area (TPSA) is 12.0 Å². The van der Waals surface area contributed by atoms with Crippen LogP contribution in [-0.4, -0.2) is 6.04 Å². The first-order valence-electron chi connectivity index (χ1n) is 7.03. The maximum Gasteiger partial charge on any atom is 0.0453 e. The maximum atomic E-state index is 6.26. The van der Waals surface area contributed by atoms with Gasteiger partial charge in [-0.15, -0.1) is 0 Å². The zero-order valence-corrected chi connectivity index (χ0v) is 12.4. The van der Waals surface area contributed by atoms with Crippen molar-refractivity contribution in [1.29, 1.82) is 0 Å². The first-order chi connectivity index (χ1) is 8.54. The molecule has 100 valence electrons. The standard InChI is InChI=1S/C16H24ClN/c1-11-4-5-14(16(17)9-11)10-18-15-7-12(2)6-13(3)8-15/h4-5,9,12-13,15,18H,6-8,10H2,1-3H3. The van der Waals surface area contributed by atoms with E-state index in [0.29, 0.717) is 6.04 Å². The summed E-state index contributed by atoms with van der Waals surface area (Å²) in [5.41, 5.74) is 2.44. The molecule has 0 amide bonds. The van der Waals surface area contributed by atoms with Crippen molar-refractivity contribution in [1.82, 2.24) is 5.32 Å². The second-order valence-corrected chi connectivity index (χ2v) is 6.50. The molecule has 0 heterocycles. The van der Waals surface area contributed by atoms with Gasteiger partial charge >= 0.3 is 0 Å². The lowest BCUT2D eigenvalue weighted by atomic mass is 9.80. The number of nitrogens with one attached hydrogen (secondary N) is 1. The van der Waals surface area contributed by atoms with Gasteiger partial charge in [0.15, 0.2) is 0 Å². The van der Waals surface area contributed by atoms with Crippen LogP contribution in [0.3, 0.4) is 0 Å². The van der Waals surface area contributed by atoms with Gasteiger partial charge in [-0.3, -0.25) is 0 Å². The minimum atomic E-state index is 0.654. The van der Waals surface area contributed by atoms with Crippen LogP contribution in [0.1, 0.15) is 44.2 Å². The molecule has 2 atom stereocenters. The smallest absolute Gasteiger partial charge is 0.0453 e. The Morgan fingerprint density at radius 2 is 1.83 bits per heavy atom. The minimum Gasteiger partial charge on any atom is -0.310 e. The third-order valence-corrected chi connectivity index (χ3v) is 4.32. The normalized spacial score (nSPS) is 28.3. The van der Waals surface area contributed by atoms with E-state index in [1.165, 1.54) is 30.4 Å². The molecule has 1 saturated carbocycles. The number of rotatable bonds is 3. The summed E-state index contributed by atoms with van der Waals surface area (Å²) in [5.74, 6) is 1.69. The molecule has 1 aromatic carbocycles. The monoisotopic (exact) mass is 265 g/mol. The second-order valence-electron chi connectivity index (χ2n) is 6.09. The fraction of sp³-hybridized carbons (Fsp3) is 0.625. The fourth-order valence-corrected chi connectivity index (χ4v) is 3.47. The van der Waals surface area contributed by atoms with Crippen LogP contribution in [0, 0.1) is 18.8 Å². The molecule has 1 aromatic rings. The summed E-state index contributed by atoms with van der Waals surface area (Å²) < 4.78 is 0. The quantitative estimate of drug-likeness (QED) is 0.845. The predicted octanol–water partition coefficient (Wildman–Crippen LogP) is 4.56. The molecule has 1 nitrogen and oxygen atoms in total. The molecule has 2 heteroatoms. The summed E-state index contributed by atoms with van der Waals surface area (Å²) in [7, 11) is 0. The molecule has 0 aliphatic heterocycles. The van der Waals surface area contributed by atoms with Gasteiger partial charge in [0.05, 0.1) is 0 Å². The zero-order valence-electron chi connectivity index (χ0n) is 11.7. The molecule has 2 rings (SSSR count). The van der Waals surface area contributed by atoms with Crippen LogP contribution < -0.4 is 5.32 Å². The van der Waals surface area contributed by atoms with E-state index in [2.05, 4.69) is 38.2 Å². The Morgan fingerprint density at radius 3 is 2.44 bits per heavy atom. The highest BCUT2D eigenvalue weighted by atomic mass is 35.5. The number of aryl methyl sites for hydroxylation is 1. The van der Waals surface area contributed by atoms with Gasteiger partial charge in [0, 0.05) is 17.6 Å². The van der Waals surface area contributed by atoms with E-state index in [9.17, 15) is 0 Å². The molecule has 1 aliphatic carbocycles. The predicted molar refractivity (Wildman–Crippen MR) is 79.0 cm³/mol. The van der Waals surface area contributed by atoms with Crippen molar-refractivity contribution in [3.8, 4) is 0 Å². The molecule has 0 spiro atoms. The van der Waals surface area contributed by atoms with Crippen molar-refractivity contribution in [2.75, 3.05) is 0 Å². The fourth-order valence-electron chi connectivity index (χ4n) is 3.16. The van der Waals surface area contributed by atoms with E-state index in [-0.39, 0.29) is 0 Å². The minimum absolute atomic E-state index is 0.654. The highest BCUT2D eigenvalue weighted by Crippen LogP contribution is 2.29. The van der Waals surface area contributed by atoms with E-state index in [0.717, 1.165) is 23.4 Å². The Kier molecular flexibility index (Phi) is 4.69. The van der Waals surface area contributed by atoms with Crippen molar-refractivity contribution in [2.45, 2.75) is 52.6 Å². The van der Waals surface area contributed by atoms with Crippen LogP contribution in [-0.2, 0) is 6.54 Å². The Bertz CT molecular complexity index is 392. The first-order valence-corrected chi connectivity index (χ1v) is 7.40. The van der Waals surface area contributed by atoms with E-state index in [1.807, 2.05) is 6.07 Å². The van der Waals surface area contributed by atoms with Crippen molar-refractivity contribution in [3.63, 3.8) is 0 Å². The second kappa shape index (κ2) is 6.08. The molecule has 1 aliphatic rings. The summed E-state index contributed by atoms with van der Waals surface area (Å²) in [6.07, 6.45) is 3.98. The van der Waals surface area contributed by atoms with Gasteiger partial charge in [0.25, 0.3) is 0 Å². The largest absolute Gasteiger partial charge is 0.310 e. The molecule has 0 bridgehead atoms. The van der Waals surface area contributed by atoms with Crippen LogP contribution in [0.15, 0.2) is 18.2 Å². The lowest BCUT2D eigenvalue weighted by molar-refractivity contribution is 0.238. The Labute approximate surface area is 116 Å². The summed E-state index contributed by atoms with van der Waals surface area (Å²) in [5, 5.41) is 4.56. The van der Waals surface area contributed by atoms with Crippen molar-refractivity contribution in [3.05, 3.63) is 34.3 Å². The van der Waals surface area contributed by atoms with Gasteiger partial charge in [0.2, 0.25) is 0 Å². The third kappa shape index (κ3) is 3.73. The molecule has 1 fully saturated rings. The first kappa shape index (κ1) is 13.9. The molecule has 2 unspecified atom stereocenters. The van der Waals surface area contributed by atoms with Gasteiger partial charge in [-0.25, -0.2) is 0 Å². The number of benzene rings is 1. The van der Waals surface area contributed by atoms with Gasteiger partial charge in [-0.05, 0) is 55.2 Å². The van der Waals surface area contributed by atoms with Crippen molar-refractivity contribution >= 4 is 11.6 Å². The van der Waals surface area contributed by atoms with Crippen LogP contribution in [0.5, 0.6) is 0 Å². The molecule has 18 heavy (non-hydrogen) atoms. The average molecular weight is 266 g/mol. The molecule has 0 aromatic heterocycles. The molecular formula is C16H24ClN. The molecule has 0 saturated heterocycles. The van der Waals surface area contributed by atoms with Crippen molar-refractivity contribution in [2.24, 2.45) is 11.8 Å². The van der Waals surface area contributed by atoms with E-state index < -0.39 is 0 Å². The highest BCUT2D eigenvalue weighted by Gasteiger charge is 2.23. The summed E-state index contributed by atoms with van der Waals surface area (Å²) in [6, 6.07) is 6.97. The highest BCUT2D eigenvalue weighted by molar-refractivity contribution is 6.31. The van der Waals surface area contributed by atoms with Crippen molar-refractivity contribution < 1.29 is 0 Å². The lowest BCUT2D eigenvalue weighted by Crippen LogP contribution is -2.35. The van der Waals surface area contributed by atoms with E-state index in [4.69, 9.17) is 11.6 Å². The summed E-state index contributed by atoms with van der Waals surface area (Å²) >= 11 is 6.26. The maximum absolute atomic E-state index is 6.26. The SMILES string of the molecule is Cc1ccc(CNC2CC(C)CC(C)C2)c(Cl)c1. The average Bonchev–Trinajstić information content (AvgIpc) is 2.26. The Balaban J connectivity index is 1.91. The lowest BCUT2D eigenvalue weighted by Gasteiger charge is -2.32. The molecular weight excluding hydrogens is 242 g/mol. The molecule has 0 radical (unpaired) electrons. The van der Waals surface area contributed by atoms with Gasteiger partial charge in [0.1, 0.15) is 0 Å². The van der Waals surface area contributed by atoms with E-state index >= 15 is 0 Å². The number of hydrogen-bond donors (Lipinski definition) is 1. The van der Waals surface area contributed by atoms with Gasteiger partial charge < -0.3 is 5.32 Å². The van der Waals surface area contributed by atoms with Crippen LogP contribution >= 0.6 is 11.6 Å². The Morgan fingerprint density at radius 1 is 1.17 bits per heavy atom. The van der Waals surface area contributed by atoms with Crippen LogP contribution in [0.4, 0.5) is 0 Å². The summed E-state index contributed by atoms with van der Waals surface area (Å²) in [6.45, 7) is 7.70. The Hall–Kier alpha value is -0.530. The summed E-state index contributed by atoms with van der Waals surface area (Å²) in [4.78, 5) is 0. The number of halogens is 1. The van der Waals surface area contributed by atoms with E-state index in [1.54, 1.807) is 0 Å². The van der Waals surface area contributed by atoms with Gasteiger partial charge in [-0.2, -0.15) is 0 Å². The van der Waals surface area contributed by atoms with Crippen LogP contribution in [0.25, 0.3) is 0 Å². The number of hydrogen-bond acceptors (Lipinski definition) is 1.